The van der Waals surface area contributed by atoms with Crippen molar-refractivity contribution in [1.29, 1.82) is 0 Å². The number of piperazine rings is 1. The third kappa shape index (κ3) is 5.19. The third-order valence-electron chi connectivity index (χ3n) is 4.23. The van der Waals surface area contributed by atoms with Crippen LogP contribution in [0.2, 0.25) is 0 Å². The van der Waals surface area contributed by atoms with E-state index >= 15 is 0 Å². The van der Waals surface area contributed by atoms with Gasteiger partial charge in [0.25, 0.3) is 0 Å². The fraction of sp³-hybridized carbons (Fsp3) is 0.867. The van der Waals surface area contributed by atoms with Crippen molar-refractivity contribution in [1.82, 2.24) is 15.1 Å². The highest BCUT2D eigenvalue weighted by Crippen LogP contribution is 2.11. The number of carbonyl (C=O) groups is 2. The van der Waals surface area contributed by atoms with Gasteiger partial charge in [-0.1, -0.05) is 33.6 Å². The van der Waals surface area contributed by atoms with Gasteiger partial charge >= 0.3 is 6.03 Å². The van der Waals surface area contributed by atoms with Gasteiger partial charge in [-0.05, 0) is 12.3 Å². The van der Waals surface area contributed by atoms with Gasteiger partial charge < -0.3 is 20.9 Å². The SMILES string of the molecule is CCCCNC(=O)N1CCN(C(=O)[C@@H](N)[C@H](C)CC)CC1. The molecule has 1 rings (SSSR count). The van der Waals surface area contributed by atoms with E-state index in [-0.39, 0.29) is 17.9 Å². The number of urea groups is 1. The molecule has 6 nitrogen and oxygen atoms in total. The molecule has 0 bridgehead atoms. The van der Waals surface area contributed by atoms with Crippen LogP contribution >= 0.6 is 0 Å². The fourth-order valence-corrected chi connectivity index (χ4v) is 2.32. The van der Waals surface area contributed by atoms with Crippen molar-refractivity contribution < 1.29 is 9.59 Å². The van der Waals surface area contributed by atoms with Gasteiger partial charge in [-0.3, -0.25) is 4.79 Å². The lowest BCUT2D eigenvalue weighted by atomic mass is 9.98. The van der Waals surface area contributed by atoms with E-state index in [0.29, 0.717) is 32.7 Å². The average Bonchev–Trinajstić information content (AvgIpc) is 2.52. The van der Waals surface area contributed by atoms with Crippen molar-refractivity contribution in [2.75, 3.05) is 32.7 Å². The highest BCUT2D eigenvalue weighted by atomic mass is 16.2. The summed E-state index contributed by atoms with van der Waals surface area (Å²) in [4.78, 5) is 27.7. The Morgan fingerprint density at radius 2 is 1.71 bits per heavy atom. The number of carbonyl (C=O) groups excluding carboxylic acids is 2. The summed E-state index contributed by atoms with van der Waals surface area (Å²) in [5.41, 5.74) is 5.99. The molecule has 3 amide bonds. The lowest BCUT2D eigenvalue weighted by molar-refractivity contribution is -0.135. The van der Waals surface area contributed by atoms with E-state index in [1.54, 1.807) is 9.80 Å². The summed E-state index contributed by atoms with van der Waals surface area (Å²) in [7, 11) is 0. The Labute approximate surface area is 128 Å². The van der Waals surface area contributed by atoms with Gasteiger partial charge in [0.15, 0.2) is 0 Å². The van der Waals surface area contributed by atoms with E-state index < -0.39 is 6.04 Å². The van der Waals surface area contributed by atoms with E-state index in [0.717, 1.165) is 19.3 Å². The Balaban J connectivity index is 2.37. The van der Waals surface area contributed by atoms with E-state index in [1.807, 2.05) is 13.8 Å². The van der Waals surface area contributed by atoms with Crippen LogP contribution in [0, 0.1) is 5.92 Å². The molecule has 2 atom stereocenters. The van der Waals surface area contributed by atoms with Crippen molar-refractivity contribution in [3.8, 4) is 0 Å². The second kappa shape index (κ2) is 8.87. The number of nitrogens with one attached hydrogen (secondary N) is 1. The van der Waals surface area contributed by atoms with Crippen LogP contribution in [0.25, 0.3) is 0 Å². The van der Waals surface area contributed by atoms with Crippen LogP contribution in [0.5, 0.6) is 0 Å². The van der Waals surface area contributed by atoms with Crippen LogP contribution in [0.1, 0.15) is 40.0 Å². The van der Waals surface area contributed by atoms with Crippen molar-refractivity contribution >= 4 is 11.9 Å². The Bertz CT molecular complexity index is 341. The zero-order valence-electron chi connectivity index (χ0n) is 13.6. The molecule has 1 fully saturated rings. The molecule has 1 aliphatic heterocycles. The molecule has 0 aromatic rings. The molecule has 6 heteroatoms. The molecular weight excluding hydrogens is 268 g/mol. The van der Waals surface area contributed by atoms with E-state index in [2.05, 4.69) is 12.2 Å². The second-order valence-electron chi connectivity index (χ2n) is 5.81. The summed E-state index contributed by atoms with van der Waals surface area (Å²) in [5.74, 6) is 0.197. The fourth-order valence-electron chi connectivity index (χ4n) is 2.32. The number of hydrogen-bond acceptors (Lipinski definition) is 3. The quantitative estimate of drug-likeness (QED) is 0.718. The maximum Gasteiger partial charge on any atom is 0.317 e. The first kappa shape index (κ1) is 17.8. The topological polar surface area (TPSA) is 78.7 Å². The predicted octanol–water partition coefficient (Wildman–Crippen LogP) is 1.01. The third-order valence-corrected chi connectivity index (χ3v) is 4.23. The summed E-state index contributed by atoms with van der Waals surface area (Å²) in [6.45, 7) is 9.16. The first-order valence-electron chi connectivity index (χ1n) is 8.08. The molecule has 1 aliphatic rings. The molecule has 0 radical (unpaired) electrons. The van der Waals surface area contributed by atoms with Crippen LogP contribution in [0.15, 0.2) is 0 Å². The maximum absolute atomic E-state index is 12.3. The van der Waals surface area contributed by atoms with Gasteiger partial charge in [0.2, 0.25) is 5.91 Å². The molecule has 0 spiro atoms. The number of unbranched alkanes of at least 4 members (excludes halogenated alkanes) is 1. The molecule has 0 saturated carbocycles. The van der Waals surface area contributed by atoms with Gasteiger partial charge in [0, 0.05) is 32.7 Å². The Kier molecular flexibility index (Phi) is 7.50. The van der Waals surface area contributed by atoms with Crippen LogP contribution in [-0.4, -0.2) is 60.5 Å². The number of hydrogen-bond donors (Lipinski definition) is 2. The standard InChI is InChI=1S/C15H30N4O2/c1-4-6-7-17-15(21)19-10-8-18(9-11-19)14(20)13(16)12(3)5-2/h12-13H,4-11,16H2,1-3H3,(H,17,21)/t12-,13+/m1/s1. The van der Waals surface area contributed by atoms with E-state index in [4.69, 9.17) is 5.73 Å². The number of nitrogens with two attached hydrogens (primary N) is 1. The average molecular weight is 298 g/mol. The monoisotopic (exact) mass is 298 g/mol. The molecule has 3 N–H and O–H groups in total. The molecule has 0 aliphatic carbocycles. The van der Waals surface area contributed by atoms with Crippen LogP contribution in [-0.2, 0) is 4.79 Å². The van der Waals surface area contributed by atoms with E-state index in [9.17, 15) is 9.59 Å². The summed E-state index contributed by atoms with van der Waals surface area (Å²) < 4.78 is 0. The minimum Gasteiger partial charge on any atom is -0.338 e. The Morgan fingerprint density at radius 3 is 2.24 bits per heavy atom. The summed E-state index contributed by atoms with van der Waals surface area (Å²) in [6, 6.07) is -0.457. The predicted molar refractivity (Wildman–Crippen MR) is 83.9 cm³/mol. The zero-order valence-corrected chi connectivity index (χ0v) is 13.6. The van der Waals surface area contributed by atoms with Crippen LogP contribution in [0.3, 0.4) is 0 Å². The number of rotatable bonds is 6. The van der Waals surface area contributed by atoms with Crippen molar-refractivity contribution in [2.45, 2.75) is 46.1 Å². The first-order valence-corrected chi connectivity index (χ1v) is 8.08. The Hall–Kier alpha value is -1.30. The van der Waals surface area contributed by atoms with Gasteiger partial charge in [-0.2, -0.15) is 0 Å². The smallest absolute Gasteiger partial charge is 0.317 e. The molecule has 0 unspecified atom stereocenters. The first-order chi connectivity index (χ1) is 10.0. The molecule has 0 aromatic carbocycles. The van der Waals surface area contributed by atoms with Gasteiger partial charge in [0.1, 0.15) is 0 Å². The summed E-state index contributed by atoms with van der Waals surface area (Å²) in [6.07, 6.45) is 2.96. The zero-order chi connectivity index (χ0) is 15.8. The highest BCUT2D eigenvalue weighted by Gasteiger charge is 2.28. The van der Waals surface area contributed by atoms with Gasteiger partial charge in [-0.15, -0.1) is 0 Å². The molecule has 0 aromatic heterocycles. The second-order valence-corrected chi connectivity index (χ2v) is 5.81. The lowest BCUT2D eigenvalue weighted by Crippen LogP contribution is -2.56. The van der Waals surface area contributed by atoms with Crippen molar-refractivity contribution in [3.63, 3.8) is 0 Å². The summed E-state index contributed by atoms with van der Waals surface area (Å²) >= 11 is 0. The van der Waals surface area contributed by atoms with Crippen molar-refractivity contribution in [2.24, 2.45) is 11.7 Å². The van der Waals surface area contributed by atoms with Crippen LogP contribution < -0.4 is 11.1 Å². The van der Waals surface area contributed by atoms with Gasteiger partial charge in [0.05, 0.1) is 6.04 Å². The largest absolute Gasteiger partial charge is 0.338 e. The highest BCUT2D eigenvalue weighted by molar-refractivity contribution is 5.82. The summed E-state index contributed by atoms with van der Waals surface area (Å²) in [5, 5.41) is 2.91. The van der Waals surface area contributed by atoms with Gasteiger partial charge in [-0.25, -0.2) is 4.79 Å². The van der Waals surface area contributed by atoms with Crippen molar-refractivity contribution in [3.05, 3.63) is 0 Å². The molecular formula is C15H30N4O2. The molecule has 1 heterocycles. The van der Waals surface area contributed by atoms with E-state index in [1.165, 1.54) is 0 Å². The normalized spacial score (nSPS) is 18.3. The minimum absolute atomic E-state index is 0.00962. The molecule has 21 heavy (non-hydrogen) atoms. The maximum atomic E-state index is 12.3. The Morgan fingerprint density at radius 1 is 1.14 bits per heavy atom. The number of amides is 3. The molecule has 1 saturated heterocycles. The number of nitrogens with zero attached hydrogens (tertiary/aromatic N) is 2. The lowest BCUT2D eigenvalue weighted by Gasteiger charge is -2.36. The van der Waals surface area contributed by atoms with Crippen LogP contribution in [0.4, 0.5) is 4.79 Å². The molecule has 122 valence electrons. The minimum atomic E-state index is -0.431.